The van der Waals surface area contributed by atoms with E-state index in [4.69, 9.17) is 4.74 Å². The molecule has 0 amide bonds. The fraction of sp³-hybridized carbons (Fsp3) is 0.629. The zero-order chi connectivity index (χ0) is 30.6. The molecule has 1 aromatic carbocycles. The standard InChI is InChI=1S/C33H46F2N2O3.C2H6/c1-22(2)24(12-13-25-9-6-17-36-23(25)3)8-4-5-10-30(35)26-16-18-37(21-26)32(33(38)39)29-20-27(34)14-15-28(29)31-11-7-19-40-31;1-2/h12-15,20,26,30-32,36H,4-11,16-19,21H2,1-3H3,(H,38,39);1-2H3/b13-12-;/t26-,30?,31?,32?;/m1./s1. The van der Waals surface area contributed by atoms with Gasteiger partial charge in [-0.05, 0) is 113 Å². The third kappa shape index (κ3) is 9.24. The molecule has 0 bridgehead atoms. The average Bonchev–Trinajstić information content (AvgIpc) is 3.68. The van der Waals surface area contributed by atoms with Crippen molar-refractivity contribution in [3.63, 3.8) is 0 Å². The topological polar surface area (TPSA) is 61.8 Å². The van der Waals surface area contributed by atoms with E-state index in [1.54, 1.807) is 6.07 Å². The highest BCUT2D eigenvalue weighted by molar-refractivity contribution is 5.76. The second-order valence-electron chi connectivity index (χ2n) is 11.9. The number of hydrogen-bond donors (Lipinski definition) is 2. The monoisotopic (exact) mass is 586 g/mol. The molecule has 0 saturated carbocycles. The van der Waals surface area contributed by atoms with Crippen LogP contribution in [0, 0.1) is 11.7 Å². The zero-order valence-electron chi connectivity index (χ0n) is 26.4. The van der Waals surface area contributed by atoms with E-state index in [0.717, 1.165) is 57.1 Å². The van der Waals surface area contributed by atoms with Crippen molar-refractivity contribution >= 4 is 5.97 Å². The number of aliphatic carboxylic acids is 1. The zero-order valence-corrected chi connectivity index (χ0v) is 26.4. The van der Waals surface area contributed by atoms with Crippen molar-refractivity contribution < 1.29 is 23.4 Å². The number of nitrogens with one attached hydrogen (secondary N) is 1. The molecule has 2 N–H and O–H groups in total. The number of benzene rings is 1. The molecule has 0 aromatic heterocycles. The summed E-state index contributed by atoms with van der Waals surface area (Å²) in [6.45, 7) is 12.9. The molecule has 3 unspecified atom stereocenters. The first-order chi connectivity index (χ1) is 20.2. The van der Waals surface area contributed by atoms with Crippen molar-refractivity contribution in [2.24, 2.45) is 5.92 Å². The predicted octanol–water partition coefficient (Wildman–Crippen LogP) is 8.60. The van der Waals surface area contributed by atoms with Gasteiger partial charge in [0.1, 0.15) is 18.0 Å². The van der Waals surface area contributed by atoms with Crippen molar-refractivity contribution in [3.05, 3.63) is 69.7 Å². The first-order valence-electron chi connectivity index (χ1n) is 16.0. The fourth-order valence-electron chi connectivity index (χ4n) is 6.39. The molecule has 5 nitrogen and oxygen atoms in total. The maximum absolute atomic E-state index is 15.4. The van der Waals surface area contributed by atoms with Gasteiger partial charge in [0.05, 0.1) is 6.10 Å². The molecular formula is C35H52F2N2O3. The van der Waals surface area contributed by atoms with Gasteiger partial charge in [-0.1, -0.05) is 44.1 Å². The first kappa shape index (κ1) is 34.0. The Morgan fingerprint density at radius 2 is 2.00 bits per heavy atom. The molecule has 3 heterocycles. The molecule has 0 radical (unpaired) electrons. The SMILES string of the molecule is CC.CC(C)=C(/C=C\C1=C(C)NCCC1)CCCCC(F)[C@@H]1CCN(C(C(=O)O)c2cc(F)ccc2C2CCCO2)C1. The van der Waals surface area contributed by atoms with E-state index in [9.17, 15) is 14.3 Å². The Hall–Kier alpha value is -2.51. The van der Waals surface area contributed by atoms with Crippen LogP contribution >= 0.6 is 0 Å². The minimum atomic E-state index is -1.03. The number of unbranched alkanes of at least 4 members (excludes halogenated alkanes) is 1. The van der Waals surface area contributed by atoms with Crippen molar-refractivity contribution in [1.82, 2.24) is 10.2 Å². The number of ether oxygens (including phenoxy) is 1. The summed E-state index contributed by atoms with van der Waals surface area (Å²) in [5.41, 5.74) is 6.40. The lowest BCUT2D eigenvalue weighted by Gasteiger charge is -2.28. The quantitative estimate of drug-likeness (QED) is 0.190. The summed E-state index contributed by atoms with van der Waals surface area (Å²) in [5, 5.41) is 13.6. The van der Waals surface area contributed by atoms with Crippen LogP contribution in [0.25, 0.3) is 0 Å². The fourth-order valence-corrected chi connectivity index (χ4v) is 6.39. The molecule has 3 aliphatic heterocycles. The van der Waals surface area contributed by atoms with Gasteiger partial charge in [-0.3, -0.25) is 9.69 Å². The van der Waals surface area contributed by atoms with Crippen LogP contribution in [0.5, 0.6) is 0 Å². The number of rotatable bonds is 12. The van der Waals surface area contributed by atoms with Gasteiger partial charge in [0.2, 0.25) is 0 Å². The molecule has 7 heteroatoms. The average molecular weight is 587 g/mol. The van der Waals surface area contributed by atoms with Gasteiger partial charge in [0.25, 0.3) is 0 Å². The number of carbonyl (C=O) groups is 1. The lowest BCUT2D eigenvalue weighted by Crippen LogP contribution is -2.34. The molecule has 2 fully saturated rings. The summed E-state index contributed by atoms with van der Waals surface area (Å²) in [5.74, 6) is -1.70. The first-order valence-corrected chi connectivity index (χ1v) is 16.0. The second kappa shape index (κ2) is 17.0. The number of halogens is 2. The Morgan fingerprint density at radius 3 is 2.67 bits per heavy atom. The van der Waals surface area contributed by atoms with E-state index < -0.39 is 24.0 Å². The summed E-state index contributed by atoms with van der Waals surface area (Å²) in [6.07, 6.45) is 10.9. The molecule has 4 rings (SSSR count). The van der Waals surface area contributed by atoms with Crippen LogP contribution < -0.4 is 5.32 Å². The van der Waals surface area contributed by atoms with Crippen LogP contribution in [-0.2, 0) is 9.53 Å². The second-order valence-corrected chi connectivity index (χ2v) is 11.9. The van der Waals surface area contributed by atoms with Crippen LogP contribution in [0.1, 0.15) is 116 Å². The molecule has 42 heavy (non-hydrogen) atoms. The molecule has 0 spiro atoms. The highest BCUT2D eigenvalue weighted by Crippen LogP contribution is 2.38. The molecule has 2 saturated heterocycles. The van der Waals surface area contributed by atoms with E-state index >= 15 is 4.39 Å². The Kier molecular flexibility index (Phi) is 13.7. The van der Waals surface area contributed by atoms with Crippen LogP contribution in [0.2, 0.25) is 0 Å². The van der Waals surface area contributed by atoms with E-state index in [1.807, 2.05) is 18.7 Å². The van der Waals surface area contributed by atoms with Crippen LogP contribution in [0.15, 0.2) is 52.8 Å². The van der Waals surface area contributed by atoms with Gasteiger partial charge in [0, 0.05) is 31.3 Å². The van der Waals surface area contributed by atoms with E-state index in [-0.39, 0.29) is 12.0 Å². The number of nitrogens with zero attached hydrogens (tertiary/aromatic N) is 1. The number of carboxylic acid groups (broad SMARTS) is 1. The van der Waals surface area contributed by atoms with Crippen molar-refractivity contribution in [2.75, 3.05) is 26.2 Å². The van der Waals surface area contributed by atoms with Gasteiger partial charge in [-0.2, -0.15) is 0 Å². The highest BCUT2D eigenvalue weighted by Gasteiger charge is 2.38. The summed E-state index contributed by atoms with van der Waals surface area (Å²) in [4.78, 5) is 14.2. The summed E-state index contributed by atoms with van der Waals surface area (Å²) >= 11 is 0. The summed E-state index contributed by atoms with van der Waals surface area (Å²) < 4.78 is 35.4. The molecular weight excluding hydrogens is 534 g/mol. The van der Waals surface area contributed by atoms with Crippen LogP contribution in [0.4, 0.5) is 8.78 Å². The minimum Gasteiger partial charge on any atom is -0.480 e. The lowest BCUT2D eigenvalue weighted by atomic mass is 9.93. The number of likely N-dealkylation sites (tertiary alicyclic amines) is 1. The Labute approximate surface area is 252 Å². The lowest BCUT2D eigenvalue weighted by molar-refractivity contribution is -0.143. The maximum atomic E-state index is 15.4. The van der Waals surface area contributed by atoms with Crippen molar-refractivity contribution in [2.45, 2.75) is 111 Å². The van der Waals surface area contributed by atoms with Crippen molar-refractivity contribution in [3.8, 4) is 0 Å². The van der Waals surface area contributed by atoms with E-state index in [2.05, 4.69) is 38.2 Å². The van der Waals surface area contributed by atoms with E-state index in [0.29, 0.717) is 38.1 Å². The number of carboxylic acids is 1. The summed E-state index contributed by atoms with van der Waals surface area (Å²) in [7, 11) is 0. The predicted molar refractivity (Wildman–Crippen MR) is 167 cm³/mol. The number of hydrogen-bond acceptors (Lipinski definition) is 4. The minimum absolute atomic E-state index is 0.210. The molecule has 0 aliphatic carbocycles. The van der Waals surface area contributed by atoms with E-state index in [1.165, 1.54) is 34.5 Å². The maximum Gasteiger partial charge on any atom is 0.325 e. The van der Waals surface area contributed by atoms with Crippen LogP contribution in [-0.4, -0.2) is 48.4 Å². The molecule has 3 aliphatic rings. The van der Waals surface area contributed by atoms with Gasteiger partial charge < -0.3 is 15.2 Å². The number of alkyl halides is 1. The smallest absolute Gasteiger partial charge is 0.325 e. The Morgan fingerprint density at radius 1 is 1.21 bits per heavy atom. The summed E-state index contributed by atoms with van der Waals surface area (Å²) in [6, 6.07) is 3.35. The molecule has 4 atom stereocenters. The normalized spacial score (nSPS) is 22.5. The highest BCUT2D eigenvalue weighted by atomic mass is 19.1. The van der Waals surface area contributed by atoms with Gasteiger partial charge in [-0.15, -0.1) is 0 Å². The van der Waals surface area contributed by atoms with Crippen molar-refractivity contribution in [1.29, 1.82) is 0 Å². The van der Waals surface area contributed by atoms with Crippen LogP contribution in [0.3, 0.4) is 0 Å². The third-order valence-corrected chi connectivity index (χ3v) is 8.79. The van der Waals surface area contributed by atoms with Gasteiger partial charge in [-0.25, -0.2) is 8.78 Å². The third-order valence-electron chi connectivity index (χ3n) is 8.79. The Bertz CT molecular complexity index is 1120. The largest absolute Gasteiger partial charge is 0.480 e. The molecule has 234 valence electrons. The number of allylic oxidation sites excluding steroid dienone is 6. The van der Waals surface area contributed by atoms with Gasteiger partial charge in [0.15, 0.2) is 0 Å². The Balaban J connectivity index is 0.00000237. The molecule has 1 aromatic rings. The van der Waals surface area contributed by atoms with Gasteiger partial charge >= 0.3 is 5.97 Å².